The fraction of sp³-hybridized carbons (Fsp3) is 0.200. The topological polar surface area (TPSA) is 84.3 Å². The van der Waals surface area contributed by atoms with Gasteiger partial charge in [-0.25, -0.2) is 0 Å². The predicted octanol–water partition coefficient (Wildman–Crippen LogP) is 4.70. The number of methoxy groups -OCH3 is 1. The second kappa shape index (κ2) is 7.56. The van der Waals surface area contributed by atoms with Gasteiger partial charge in [0, 0.05) is 42.8 Å². The van der Waals surface area contributed by atoms with Crippen molar-refractivity contribution in [2.24, 2.45) is 0 Å². The van der Waals surface area contributed by atoms with Gasteiger partial charge in [-0.05, 0) is 31.0 Å². The Morgan fingerprint density at radius 3 is 2.45 bits per heavy atom. The van der Waals surface area contributed by atoms with E-state index in [0.717, 1.165) is 17.5 Å². The van der Waals surface area contributed by atoms with E-state index in [2.05, 4.69) is 10.3 Å². The van der Waals surface area contributed by atoms with E-state index in [-0.39, 0.29) is 10.9 Å². The summed E-state index contributed by atoms with van der Waals surface area (Å²) < 4.78 is 11.3. The van der Waals surface area contributed by atoms with E-state index in [4.69, 9.17) is 9.15 Å². The van der Waals surface area contributed by atoms with Gasteiger partial charge < -0.3 is 19.5 Å². The molecular formula is C25H22N2O4. The third kappa shape index (κ3) is 3.16. The number of aromatic nitrogens is 1. The van der Waals surface area contributed by atoms with Gasteiger partial charge in [0.1, 0.15) is 0 Å². The summed E-state index contributed by atoms with van der Waals surface area (Å²) in [5.41, 5.74) is 3.81. The highest BCUT2D eigenvalue weighted by Crippen LogP contribution is 2.31. The lowest BCUT2D eigenvalue weighted by atomic mass is 9.99. The van der Waals surface area contributed by atoms with Gasteiger partial charge in [-0.15, -0.1) is 0 Å². The second-order valence-electron chi connectivity index (χ2n) is 7.75. The molecule has 1 aromatic heterocycles. The molecule has 5 rings (SSSR count). The first kappa shape index (κ1) is 19.3. The van der Waals surface area contributed by atoms with Crippen LogP contribution in [-0.2, 0) is 4.74 Å². The monoisotopic (exact) mass is 414 g/mol. The Kier molecular flexibility index (Phi) is 4.71. The molecule has 0 radical (unpaired) electrons. The highest BCUT2D eigenvalue weighted by Gasteiger charge is 2.19. The lowest BCUT2D eigenvalue weighted by Gasteiger charge is -2.13. The number of ether oxygens (including phenoxy) is 1. The Labute approximate surface area is 177 Å². The van der Waals surface area contributed by atoms with Crippen molar-refractivity contribution in [2.75, 3.05) is 25.6 Å². The van der Waals surface area contributed by atoms with Crippen LogP contribution in [0.4, 0.5) is 5.69 Å². The molecule has 0 aliphatic rings. The molecule has 0 aliphatic heterocycles. The van der Waals surface area contributed by atoms with Crippen molar-refractivity contribution in [3.8, 4) is 0 Å². The van der Waals surface area contributed by atoms with Crippen molar-refractivity contribution in [2.45, 2.75) is 13.3 Å². The van der Waals surface area contributed by atoms with Crippen LogP contribution in [0.5, 0.6) is 0 Å². The summed E-state index contributed by atoms with van der Waals surface area (Å²) >= 11 is 0. The molecule has 0 unspecified atom stereocenters. The maximum Gasteiger partial charge on any atom is 0.196 e. The number of nitrogens with one attached hydrogen (secondary N) is 2. The predicted molar refractivity (Wildman–Crippen MR) is 125 cm³/mol. The maximum absolute atomic E-state index is 13.5. The molecule has 2 N–H and O–H groups in total. The number of rotatable bonds is 5. The Hall–Kier alpha value is -3.64. The molecule has 6 nitrogen and oxygen atoms in total. The molecule has 0 bridgehead atoms. The molecule has 0 saturated carbocycles. The van der Waals surface area contributed by atoms with Crippen molar-refractivity contribution in [1.82, 2.24) is 4.98 Å². The highest BCUT2D eigenvalue weighted by molar-refractivity contribution is 6.14. The quantitative estimate of drug-likeness (QED) is 0.247. The molecule has 0 fully saturated rings. The van der Waals surface area contributed by atoms with Crippen LogP contribution in [0, 0.1) is 6.92 Å². The van der Waals surface area contributed by atoms with E-state index >= 15 is 0 Å². The van der Waals surface area contributed by atoms with Crippen molar-refractivity contribution >= 4 is 49.4 Å². The summed E-state index contributed by atoms with van der Waals surface area (Å²) in [7, 11) is 1.65. The highest BCUT2D eigenvalue weighted by atomic mass is 16.5. The zero-order valence-electron chi connectivity index (χ0n) is 17.4. The minimum absolute atomic E-state index is 0.168. The maximum atomic E-state index is 13.5. The summed E-state index contributed by atoms with van der Waals surface area (Å²) in [6.07, 6.45) is 0.766. The zero-order chi connectivity index (χ0) is 21.5. The van der Waals surface area contributed by atoms with Crippen LogP contribution in [-0.4, -0.2) is 25.2 Å². The molecule has 5 aromatic rings. The number of hydrogen-bond donors (Lipinski definition) is 2. The fourth-order valence-corrected chi connectivity index (χ4v) is 4.12. The van der Waals surface area contributed by atoms with E-state index in [1.165, 1.54) is 0 Å². The van der Waals surface area contributed by atoms with Crippen LogP contribution in [0.15, 0.2) is 62.5 Å². The van der Waals surface area contributed by atoms with Crippen LogP contribution in [0.3, 0.4) is 0 Å². The van der Waals surface area contributed by atoms with Crippen molar-refractivity contribution in [1.29, 1.82) is 0 Å². The molecule has 0 spiro atoms. The molecule has 0 aliphatic carbocycles. The lowest BCUT2D eigenvalue weighted by Crippen LogP contribution is -2.16. The van der Waals surface area contributed by atoms with E-state index < -0.39 is 0 Å². The molecule has 0 saturated heterocycles. The van der Waals surface area contributed by atoms with Crippen molar-refractivity contribution in [3.63, 3.8) is 0 Å². The molecule has 0 amide bonds. The Balaban J connectivity index is 1.92. The van der Waals surface area contributed by atoms with Crippen LogP contribution in [0.1, 0.15) is 12.0 Å². The first-order valence-corrected chi connectivity index (χ1v) is 10.3. The molecule has 6 heteroatoms. The van der Waals surface area contributed by atoms with E-state index in [1.807, 2.05) is 25.1 Å². The van der Waals surface area contributed by atoms with Gasteiger partial charge in [-0.1, -0.05) is 30.3 Å². The number of benzene rings is 4. The minimum Gasteiger partial charge on any atom is -0.453 e. The average Bonchev–Trinajstić information content (AvgIpc) is 2.78. The van der Waals surface area contributed by atoms with Gasteiger partial charge in [0.15, 0.2) is 22.0 Å². The number of H-pyrrole nitrogens is 1. The molecule has 0 atom stereocenters. The van der Waals surface area contributed by atoms with E-state index in [9.17, 15) is 9.59 Å². The smallest absolute Gasteiger partial charge is 0.196 e. The first-order valence-electron chi connectivity index (χ1n) is 10.3. The van der Waals surface area contributed by atoms with E-state index in [1.54, 1.807) is 37.4 Å². The normalized spacial score (nSPS) is 11.7. The van der Waals surface area contributed by atoms with Gasteiger partial charge in [0.2, 0.25) is 0 Å². The number of aryl methyl sites for hydroxylation is 1. The summed E-state index contributed by atoms with van der Waals surface area (Å²) in [4.78, 5) is 30.3. The summed E-state index contributed by atoms with van der Waals surface area (Å²) in [6, 6.07) is 14.6. The van der Waals surface area contributed by atoms with Crippen LogP contribution >= 0.6 is 0 Å². The van der Waals surface area contributed by atoms with Crippen LogP contribution < -0.4 is 16.2 Å². The van der Waals surface area contributed by atoms with Gasteiger partial charge in [0.05, 0.1) is 21.8 Å². The molecule has 4 aromatic carbocycles. The van der Waals surface area contributed by atoms with Gasteiger partial charge >= 0.3 is 0 Å². The number of hydrogen-bond acceptors (Lipinski definition) is 5. The van der Waals surface area contributed by atoms with Crippen molar-refractivity contribution < 1.29 is 9.15 Å². The molecule has 156 valence electrons. The number of fused-ring (bicyclic) bond motifs is 5. The zero-order valence-corrected chi connectivity index (χ0v) is 17.4. The second-order valence-corrected chi connectivity index (χ2v) is 7.75. The lowest BCUT2D eigenvalue weighted by molar-refractivity contribution is 0.198. The molecular weight excluding hydrogens is 392 g/mol. The summed E-state index contributed by atoms with van der Waals surface area (Å²) in [5, 5.41) is 4.88. The Morgan fingerprint density at radius 2 is 1.71 bits per heavy atom. The van der Waals surface area contributed by atoms with Crippen LogP contribution in [0.2, 0.25) is 0 Å². The number of aromatic amines is 1. The van der Waals surface area contributed by atoms with Gasteiger partial charge in [0.25, 0.3) is 0 Å². The van der Waals surface area contributed by atoms with Crippen molar-refractivity contribution in [3.05, 3.63) is 74.5 Å². The molecule has 1 heterocycles. The van der Waals surface area contributed by atoms with Gasteiger partial charge in [-0.2, -0.15) is 0 Å². The first-order chi connectivity index (χ1) is 15.1. The molecule has 31 heavy (non-hydrogen) atoms. The number of anilines is 1. The third-order valence-corrected chi connectivity index (χ3v) is 5.62. The standard InChI is InChI=1S/C25H22N2O4/c1-14-8-9-17-19(12-14)31-20-13-18(26-10-5-11-30-2)21-22(23(20)27-17)25(29)16-7-4-3-6-15(16)24(21)28/h3-4,6-9,12-13,26-27H,5,10-11H2,1-2H3. The summed E-state index contributed by atoms with van der Waals surface area (Å²) in [6.45, 7) is 3.19. The van der Waals surface area contributed by atoms with Gasteiger partial charge in [-0.3, -0.25) is 9.59 Å². The average molecular weight is 414 g/mol. The largest absolute Gasteiger partial charge is 0.453 e. The summed E-state index contributed by atoms with van der Waals surface area (Å²) in [5.74, 6) is 0. The minimum atomic E-state index is -0.186. The fourth-order valence-electron chi connectivity index (χ4n) is 4.12. The van der Waals surface area contributed by atoms with E-state index in [0.29, 0.717) is 57.1 Å². The van der Waals surface area contributed by atoms with Crippen LogP contribution in [0.25, 0.3) is 43.7 Å². The third-order valence-electron chi connectivity index (χ3n) is 5.62. The Bertz CT molecular complexity index is 1580. The SMILES string of the molecule is COCCCNc1cc2oc3cc(C)ccc3[nH]c2c2c(=O)c3ccccc3c(=O)c12. The Morgan fingerprint density at radius 1 is 0.968 bits per heavy atom.